The number of ether oxygens (including phenoxy) is 1. The molecule has 0 saturated carbocycles. The van der Waals surface area contributed by atoms with E-state index in [0.717, 1.165) is 25.3 Å². The SMILES string of the molecule is CCCN(C1CCCOCC1)C1CCNC1. The molecule has 16 heavy (non-hydrogen) atoms. The van der Waals surface area contributed by atoms with Gasteiger partial charge in [-0.2, -0.15) is 0 Å². The quantitative estimate of drug-likeness (QED) is 0.788. The van der Waals surface area contributed by atoms with Crippen molar-refractivity contribution in [3.8, 4) is 0 Å². The maximum absolute atomic E-state index is 5.57. The van der Waals surface area contributed by atoms with E-state index >= 15 is 0 Å². The van der Waals surface area contributed by atoms with Gasteiger partial charge in [0, 0.05) is 31.8 Å². The molecule has 0 aromatic heterocycles. The van der Waals surface area contributed by atoms with Crippen molar-refractivity contribution in [3.63, 3.8) is 0 Å². The molecule has 2 unspecified atom stereocenters. The lowest BCUT2D eigenvalue weighted by Gasteiger charge is -2.35. The van der Waals surface area contributed by atoms with Gasteiger partial charge in [-0.25, -0.2) is 0 Å². The van der Waals surface area contributed by atoms with Crippen LogP contribution in [0.1, 0.15) is 39.0 Å². The van der Waals surface area contributed by atoms with Gasteiger partial charge in [0.15, 0.2) is 0 Å². The lowest BCUT2D eigenvalue weighted by atomic mass is 10.0. The van der Waals surface area contributed by atoms with Crippen LogP contribution in [0.15, 0.2) is 0 Å². The normalized spacial score (nSPS) is 31.9. The lowest BCUT2D eigenvalue weighted by molar-refractivity contribution is 0.110. The van der Waals surface area contributed by atoms with Crippen LogP contribution in [0.5, 0.6) is 0 Å². The van der Waals surface area contributed by atoms with E-state index in [4.69, 9.17) is 4.74 Å². The standard InChI is InChI=1S/C13H26N2O/c1-2-8-15(13-5-7-14-11-13)12-4-3-9-16-10-6-12/h12-14H,2-11H2,1H3. The van der Waals surface area contributed by atoms with Crippen LogP contribution in [0.4, 0.5) is 0 Å². The fourth-order valence-corrected chi connectivity index (χ4v) is 3.06. The van der Waals surface area contributed by atoms with E-state index in [1.54, 1.807) is 0 Å². The Morgan fingerprint density at radius 2 is 2.12 bits per heavy atom. The highest BCUT2D eigenvalue weighted by Crippen LogP contribution is 2.21. The van der Waals surface area contributed by atoms with Crippen molar-refractivity contribution in [1.82, 2.24) is 10.2 Å². The molecule has 2 atom stereocenters. The molecule has 2 aliphatic rings. The Bertz CT molecular complexity index is 184. The molecule has 2 heterocycles. The average molecular weight is 226 g/mol. The second-order valence-electron chi connectivity index (χ2n) is 5.08. The number of hydrogen-bond donors (Lipinski definition) is 1. The third-order valence-corrected chi connectivity index (χ3v) is 3.88. The zero-order chi connectivity index (χ0) is 11.2. The van der Waals surface area contributed by atoms with Crippen LogP contribution in [-0.2, 0) is 4.74 Å². The molecule has 0 spiro atoms. The molecule has 94 valence electrons. The highest BCUT2D eigenvalue weighted by molar-refractivity contribution is 4.85. The summed E-state index contributed by atoms with van der Waals surface area (Å²) < 4.78 is 5.57. The molecule has 2 rings (SSSR count). The predicted molar refractivity (Wildman–Crippen MR) is 66.7 cm³/mol. The summed E-state index contributed by atoms with van der Waals surface area (Å²) in [6, 6.07) is 1.55. The van der Waals surface area contributed by atoms with Gasteiger partial charge in [0.1, 0.15) is 0 Å². The van der Waals surface area contributed by atoms with E-state index in [1.165, 1.54) is 51.7 Å². The predicted octanol–water partition coefficient (Wildman–Crippen LogP) is 1.63. The first-order chi connectivity index (χ1) is 7.92. The first kappa shape index (κ1) is 12.3. The second kappa shape index (κ2) is 6.58. The molecular formula is C13H26N2O. The first-order valence-corrected chi connectivity index (χ1v) is 6.96. The van der Waals surface area contributed by atoms with Crippen LogP contribution in [0.2, 0.25) is 0 Å². The van der Waals surface area contributed by atoms with Gasteiger partial charge in [0.2, 0.25) is 0 Å². The summed E-state index contributed by atoms with van der Waals surface area (Å²) in [4.78, 5) is 2.76. The van der Waals surface area contributed by atoms with Gasteiger partial charge in [-0.1, -0.05) is 6.92 Å². The molecule has 1 N–H and O–H groups in total. The van der Waals surface area contributed by atoms with E-state index in [1.807, 2.05) is 0 Å². The molecule has 3 heteroatoms. The van der Waals surface area contributed by atoms with Gasteiger partial charge >= 0.3 is 0 Å². The second-order valence-corrected chi connectivity index (χ2v) is 5.08. The summed E-state index contributed by atoms with van der Waals surface area (Å²) in [5, 5.41) is 3.49. The summed E-state index contributed by atoms with van der Waals surface area (Å²) in [7, 11) is 0. The number of hydrogen-bond acceptors (Lipinski definition) is 3. The highest BCUT2D eigenvalue weighted by Gasteiger charge is 2.28. The third kappa shape index (κ3) is 3.19. The molecule has 3 nitrogen and oxygen atoms in total. The zero-order valence-electron chi connectivity index (χ0n) is 10.6. The van der Waals surface area contributed by atoms with E-state index < -0.39 is 0 Å². The average Bonchev–Trinajstić information content (AvgIpc) is 2.69. The Hall–Kier alpha value is -0.120. The van der Waals surface area contributed by atoms with E-state index in [9.17, 15) is 0 Å². The van der Waals surface area contributed by atoms with Gasteiger partial charge in [-0.3, -0.25) is 4.90 Å². The van der Waals surface area contributed by atoms with Crippen molar-refractivity contribution in [2.45, 2.75) is 51.1 Å². The van der Waals surface area contributed by atoms with Crippen LogP contribution in [0.25, 0.3) is 0 Å². The molecule has 0 aromatic rings. The summed E-state index contributed by atoms with van der Waals surface area (Å²) >= 11 is 0. The number of nitrogens with one attached hydrogen (secondary N) is 1. The van der Waals surface area contributed by atoms with Crippen LogP contribution in [0, 0.1) is 0 Å². The Kier molecular flexibility index (Phi) is 5.07. The van der Waals surface area contributed by atoms with Gasteiger partial charge in [-0.05, 0) is 45.2 Å². The minimum atomic E-state index is 0.771. The highest BCUT2D eigenvalue weighted by atomic mass is 16.5. The monoisotopic (exact) mass is 226 g/mol. The van der Waals surface area contributed by atoms with Crippen molar-refractivity contribution in [2.75, 3.05) is 32.8 Å². The van der Waals surface area contributed by atoms with Gasteiger partial charge in [-0.15, -0.1) is 0 Å². The molecular weight excluding hydrogens is 200 g/mol. The largest absolute Gasteiger partial charge is 0.381 e. The zero-order valence-corrected chi connectivity index (χ0v) is 10.6. The van der Waals surface area contributed by atoms with E-state index in [2.05, 4.69) is 17.1 Å². The smallest absolute Gasteiger partial charge is 0.0480 e. The maximum Gasteiger partial charge on any atom is 0.0480 e. The number of rotatable bonds is 4. The molecule has 0 aromatic carbocycles. The van der Waals surface area contributed by atoms with E-state index in [0.29, 0.717) is 0 Å². The van der Waals surface area contributed by atoms with E-state index in [-0.39, 0.29) is 0 Å². The Labute approximate surface area is 99.5 Å². The molecule has 0 radical (unpaired) electrons. The Morgan fingerprint density at radius 3 is 2.88 bits per heavy atom. The fourth-order valence-electron chi connectivity index (χ4n) is 3.06. The van der Waals surface area contributed by atoms with Crippen molar-refractivity contribution >= 4 is 0 Å². The minimum absolute atomic E-state index is 0.771. The summed E-state index contributed by atoms with van der Waals surface area (Å²) in [6.45, 7) is 7.88. The fraction of sp³-hybridized carbons (Fsp3) is 1.00. The molecule has 0 aliphatic carbocycles. The number of nitrogens with zero attached hydrogens (tertiary/aromatic N) is 1. The molecule has 0 amide bonds. The third-order valence-electron chi connectivity index (χ3n) is 3.88. The Morgan fingerprint density at radius 1 is 1.19 bits per heavy atom. The van der Waals surface area contributed by atoms with Crippen LogP contribution in [-0.4, -0.2) is 49.8 Å². The van der Waals surface area contributed by atoms with Crippen molar-refractivity contribution in [2.24, 2.45) is 0 Å². The molecule has 0 bridgehead atoms. The van der Waals surface area contributed by atoms with Crippen molar-refractivity contribution < 1.29 is 4.74 Å². The summed E-state index contributed by atoms with van der Waals surface area (Å²) in [5.74, 6) is 0. The van der Waals surface area contributed by atoms with Gasteiger partial charge < -0.3 is 10.1 Å². The topological polar surface area (TPSA) is 24.5 Å². The first-order valence-electron chi connectivity index (χ1n) is 6.96. The molecule has 2 saturated heterocycles. The van der Waals surface area contributed by atoms with Crippen LogP contribution < -0.4 is 5.32 Å². The lowest BCUT2D eigenvalue weighted by Crippen LogP contribution is -2.45. The van der Waals surface area contributed by atoms with Crippen molar-refractivity contribution in [3.05, 3.63) is 0 Å². The van der Waals surface area contributed by atoms with Gasteiger partial charge in [0.25, 0.3) is 0 Å². The van der Waals surface area contributed by atoms with Crippen LogP contribution >= 0.6 is 0 Å². The van der Waals surface area contributed by atoms with Crippen molar-refractivity contribution in [1.29, 1.82) is 0 Å². The van der Waals surface area contributed by atoms with Crippen LogP contribution in [0.3, 0.4) is 0 Å². The molecule has 2 aliphatic heterocycles. The molecule has 2 fully saturated rings. The summed E-state index contributed by atoms with van der Waals surface area (Å²) in [6.07, 6.45) is 6.41. The maximum atomic E-state index is 5.57. The summed E-state index contributed by atoms with van der Waals surface area (Å²) in [5.41, 5.74) is 0. The Balaban J connectivity index is 1.92. The van der Waals surface area contributed by atoms with Gasteiger partial charge in [0.05, 0.1) is 0 Å². The minimum Gasteiger partial charge on any atom is -0.381 e.